The number of hydrogen-bond donors (Lipinski definition) is 1. The second kappa shape index (κ2) is 3.10. The van der Waals surface area contributed by atoms with Crippen molar-refractivity contribution in [2.75, 3.05) is 5.32 Å². The Bertz CT molecular complexity index is 833. The first kappa shape index (κ1) is 9.66. The molecule has 1 aliphatic rings. The molecule has 0 fully saturated rings. The van der Waals surface area contributed by atoms with Gasteiger partial charge in [0.15, 0.2) is 0 Å². The molecule has 1 heterocycles. The number of carbonyl (C=O) groups is 1. The van der Waals surface area contributed by atoms with Crippen molar-refractivity contribution in [2.45, 2.75) is 6.92 Å². The summed E-state index contributed by atoms with van der Waals surface area (Å²) in [4.78, 5) is 12.0. The Hall–Kier alpha value is -2.35. The van der Waals surface area contributed by atoms with Crippen LogP contribution < -0.4 is 5.32 Å². The van der Waals surface area contributed by atoms with Gasteiger partial charge in [0.25, 0.3) is 5.91 Å². The molecule has 0 unspecified atom stereocenters. The highest BCUT2D eigenvalue weighted by Crippen LogP contribution is 2.39. The molecule has 0 bridgehead atoms. The van der Waals surface area contributed by atoms with Crippen molar-refractivity contribution in [2.24, 2.45) is 0 Å². The van der Waals surface area contributed by atoms with Crippen LogP contribution in [-0.2, 0) is 0 Å². The van der Waals surface area contributed by atoms with Gasteiger partial charge in [-0.1, -0.05) is 30.3 Å². The Kier molecular flexibility index (Phi) is 1.67. The van der Waals surface area contributed by atoms with E-state index in [2.05, 4.69) is 30.4 Å². The standard InChI is InChI=1S/C16H11NO/c1-9-6-7-13-15-12(16(18)17-13)8-10-4-2-3-5-11(10)14(9)15/h2-8H,1H3,(H,17,18). The first-order valence-corrected chi connectivity index (χ1v) is 6.02. The zero-order valence-electron chi connectivity index (χ0n) is 9.95. The largest absolute Gasteiger partial charge is 0.321 e. The fourth-order valence-corrected chi connectivity index (χ4v) is 2.88. The summed E-state index contributed by atoms with van der Waals surface area (Å²) in [6, 6.07) is 14.3. The van der Waals surface area contributed by atoms with Crippen LogP contribution in [0.3, 0.4) is 0 Å². The zero-order valence-corrected chi connectivity index (χ0v) is 9.95. The first-order valence-electron chi connectivity index (χ1n) is 6.02. The van der Waals surface area contributed by atoms with Crippen molar-refractivity contribution in [1.29, 1.82) is 0 Å². The normalized spacial score (nSPS) is 13.3. The van der Waals surface area contributed by atoms with Gasteiger partial charge >= 0.3 is 0 Å². The van der Waals surface area contributed by atoms with E-state index in [1.165, 1.54) is 16.3 Å². The second-order valence-corrected chi connectivity index (χ2v) is 4.78. The van der Waals surface area contributed by atoms with Crippen LogP contribution in [0.15, 0.2) is 42.5 Å². The summed E-state index contributed by atoms with van der Waals surface area (Å²) in [6.07, 6.45) is 0. The fraction of sp³-hybridized carbons (Fsp3) is 0.0625. The van der Waals surface area contributed by atoms with Gasteiger partial charge in [0, 0.05) is 11.1 Å². The molecule has 2 nitrogen and oxygen atoms in total. The van der Waals surface area contributed by atoms with Crippen molar-refractivity contribution < 1.29 is 4.79 Å². The molecule has 1 N–H and O–H groups in total. The van der Waals surface area contributed by atoms with E-state index in [4.69, 9.17) is 0 Å². The predicted octanol–water partition coefficient (Wildman–Crippen LogP) is 3.87. The average Bonchev–Trinajstić information content (AvgIpc) is 2.70. The molecule has 0 atom stereocenters. The van der Waals surface area contributed by atoms with Crippen LogP contribution in [0.1, 0.15) is 15.9 Å². The highest BCUT2D eigenvalue weighted by molar-refractivity contribution is 6.29. The summed E-state index contributed by atoms with van der Waals surface area (Å²) < 4.78 is 0. The van der Waals surface area contributed by atoms with Crippen molar-refractivity contribution in [3.05, 3.63) is 53.6 Å². The maximum absolute atomic E-state index is 12.0. The third-order valence-electron chi connectivity index (χ3n) is 3.71. The molecule has 0 aromatic heterocycles. The molecule has 2 heteroatoms. The molecule has 4 rings (SSSR count). The highest BCUT2D eigenvalue weighted by atomic mass is 16.1. The van der Waals surface area contributed by atoms with Gasteiger partial charge in [-0.2, -0.15) is 0 Å². The third-order valence-corrected chi connectivity index (χ3v) is 3.71. The maximum Gasteiger partial charge on any atom is 0.256 e. The molecule has 86 valence electrons. The van der Waals surface area contributed by atoms with Crippen molar-refractivity contribution in [1.82, 2.24) is 0 Å². The van der Waals surface area contributed by atoms with Crippen LogP contribution >= 0.6 is 0 Å². The van der Waals surface area contributed by atoms with E-state index in [0.29, 0.717) is 0 Å². The van der Waals surface area contributed by atoms with Gasteiger partial charge in [0.1, 0.15) is 0 Å². The number of rotatable bonds is 0. The summed E-state index contributed by atoms with van der Waals surface area (Å²) in [5.74, 6) is 0.00588. The summed E-state index contributed by atoms with van der Waals surface area (Å²) in [7, 11) is 0. The van der Waals surface area contributed by atoms with Gasteiger partial charge in [0.2, 0.25) is 0 Å². The number of hydrogen-bond acceptors (Lipinski definition) is 1. The molecule has 3 aromatic rings. The van der Waals surface area contributed by atoms with Crippen LogP contribution in [0, 0.1) is 6.92 Å². The molecular formula is C16H11NO. The molecule has 0 spiro atoms. The van der Waals surface area contributed by atoms with E-state index < -0.39 is 0 Å². The van der Waals surface area contributed by atoms with Crippen LogP contribution in [0.25, 0.3) is 21.5 Å². The third kappa shape index (κ3) is 1.05. The number of aryl methyl sites for hydroxylation is 1. The van der Waals surface area contributed by atoms with Crippen LogP contribution in [0.4, 0.5) is 5.69 Å². The summed E-state index contributed by atoms with van der Waals surface area (Å²) in [5.41, 5.74) is 2.94. The van der Waals surface area contributed by atoms with E-state index in [-0.39, 0.29) is 5.91 Å². The van der Waals surface area contributed by atoms with Crippen LogP contribution in [0.5, 0.6) is 0 Å². The van der Waals surface area contributed by atoms with Crippen LogP contribution in [-0.4, -0.2) is 5.91 Å². The van der Waals surface area contributed by atoms with E-state index in [0.717, 1.165) is 22.0 Å². The molecule has 0 saturated heterocycles. The van der Waals surface area contributed by atoms with Gasteiger partial charge in [-0.25, -0.2) is 0 Å². The molecule has 1 amide bonds. The lowest BCUT2D eigenvalue weighted by Crippen LogP contribution is -2.03. The molecular weight excluding hydrogens is 222 g/mol. The minimum absolute atomic E-state index is 0.00588. The molecule has 0 saturated carbocycles. The molecule has 0 aliphatic carbocycles. The number of nitrogens with one attached hydrogen (secondary N) is 1. The number of carbonyl (C=O) groups excluding carboxylic acids is 1. The molecule has 1 aliphatic heterocycles. The SMILES string of the molecule is Cc1ccc2c3c(cc4ccccc4c13)C(=O)N2. The predicted molar refractivity (Wildman–Crippen MR) is 74.1 cm³/mol. The average molecular weight is 233 g/mol. The first-order chi connectivity index (χ1) is 8.75. The van der Waals surface area contributed by atoms with E-state index in [1.54, 1.807) is 0 Å². The summed E-state index contributed by atoms with van der Waals surface area (Å²) in [5, 5.41) is 7.53. The number of fused-ring (bicyclic) bond motifs is 2. The fourth-order valence-electron chi connectivity index (χ4n) is 2.88. The molecule has 18 heavy (non-hydrogen) atoms. The summed E-state index contributed by atoms with van der Waals surface area (Å²) in [6.45, 7) is 2.10. The number of amides is 1. The highest BCUT2D eigenvalue weighted by Gasteiger charge is 2.23. The van der Waals surface area contributed by atoms with E-state index >= 15 is 0 Å². The van der Waals surface area contributed by atoms with Crippen molar-refractivity contribution >= 4 is 33.1 Å². The van der Waals surface area contributed by atoms with Crippen molar-refractivity contribution in [3.8, 4) is 0 Å². The van der Waals surface area contributed by atoms with E-state index in [9.17, 15) is 4.79 Å². The number of benzene rings is 3. The van der Waals surface area contributed by atoms with Crippen molar-refractivity contribution in [3.63, 3.8) is 0 Å². The minimum atomic E-state index is 0.00588. The Labute approximate surface area is 104 Å². The maximum atomic E-state index is 12.0. The van der Waals surface area contributed by atoms with Gasteiger partial charge in [0.05, 0.1) is 5.56 Å². The van der Waals surface area contributed by atoms with Crippen LogP contribution in [0.2, 0.25) is 0 Å². The zero-order chi connectivity index (χ0) is 12.3. The van der Waals surface area contributed by atoms with Gasteiger partial charge in [-0.05, 0) is 40.8 Å². The van der Waals surface area contributed by atoms with Gasteiger partial charge in [-0.15, -0.1) is 0 Å². The minimum Gasteiger partial charge on any atom is -0.321 e. The summed E-state index contributed by atoms with van der Waals surface area (Å²) >= 11 is 0. The topological polar surface area (TPSA) is 29.1 Å². The quantitative estimate of drug-likeness (QED) is 0.587. The Morgan fingerprint density at radius 3 is 2.72 bits per heavy atom. The second-order valence-electron chi connectivity index (χ2n) is 4.78. The molecule has 0 radical (unpaired) electrons. The van der Waals surface area contributed by atoms with Gasteiger partial charge < -0.3 is 5.32 Å². The molecule has 3 aromatic carbocycles. The van der Waals surface area contributed by atoms with E-state index in [1.807, 2.05) is 24.3 Å². The Balaban J connectivity index is 2.39. The number of anilines is 1. The Morgan fingerprint density at radius 1 is 1.00 bits per heavy atom. The smallest absolute Gasteiger partial charge is 0.256 e. The lowest BCUT2D eigenvalue weighted by molar-refractivity contribution is 0.103. The lowest BCUT2D eigenvalue weighted by atomic mass is 9.95. The Morgan fingerprint density at radius 2 is 1.83 bits per heavy atom. The monoisotopic (exact) mass is 233 g/mol. The lowest BCUT2D eigenvalue weighted by Gasteiger charge is -2.08. The van der Waals surface area contributed by atoms with Gasteiger partial charge in [-0.3, -0.25) is 4.79 Å².